The minimum Gasteiger partial charge on any atom is -0.496 e. The quantitative estimate of drug-likeness (QED) is 0.585. The Bertz CT molecular complexity index is 1170. The number of hydrogen-bond acceptors (Lipinski definition) is 6. The highest BCUT2D eigenvalue weighted by molar-refractivity contribution is 6.22. The zero-order valence-electron chi connectivity index (χ0n) is 17.1. The third-order valence-electron chi connectivity index (χ3n) is 6.26. The average Bonchev–Trinajstić information content (AvgIpc) is 3.31. The van der Waals surface area contributed by atoms with Crippen molar-refractivity contribution < 1.29 is 23.2 Å². The Morgan fingerprint density at radius 2 is 1.94 bits per heavy atom. The number of nitrogens with zero attached hydrogens (tertiary/aromatic N) is 3. The van der Waals surface area contributed by atoms with Gasteiger partial charge in [-0.25, -0.2) is 4.39 Å². The van der Waals surface area contributed by atoms with Crippen LogP contribution in [0.1, 0.15) is 45.2 Å². The van der Waals surface area contributed by atoms with Crippen LogP contribution in [0.3, 0.4) is 0 Å². The molecule has 3 heterocycles. The summed E-state index contributed by atoms with van der Waals surface area (Å²) in [5.41, 5.74) is 2.10. The average molecular weight is 423 g/mol. The molecule has 1 aromatic heterocycles. The summed E-state index contributed by atoms with van der Waals surface area (Å²) in [4.78, 5) is 29.0. The van der Waals surface area contributed by atoms with Crippen LogP contribution in [0.2, 0.25) is 0 Å². The second-order valence-electron chi connectivity index (χ2n) is 7.97. The molecule has 2 aliphatic rings. The molecular formula is C23H22FN3O4. The maximum absolute atomic E-state index is 13.4. The van der Waals surface area contributed by atoms with E-state index in [2.05, 4.69) is 10.1 Å². The monoisotopic (exact) mass is 423 g/mol. The van der Waals surface area contributed by atoms with E-state index in [9.17, 15) is 14.0 Å². The van der Waals surface area contributed by atoms with Gasteiger partial charge in [-0.15, -0.1) is 0 Å². The van der Waals surface area contributed by atoms with Gasteiger partial charge in [-0.2, -0.15) is 0 Å². The molecule has 8 heteroatoms. The van der Waals surface area contributed by atoms with Crippen LogP contribution in [-0.2, 0) is 0 Å². The molecule has 0 N–H and O–H groups in total. The number of imide groups is 1. The number of ether oxygens (including phenoxy) is 1. The highest BCUT2D eigenvalue weighted by Gasteiger charge is 2.38. The number of halogens is 1. The smallest absolute Gasteiger partial charge is 0.265 e. The van der Waals surface area contributed by atoms with E-state index in [-0.39, 0.29) is 23.5 Å². The number of likely N-dealkylation sites (tertiary alicyclic amines) is 1. The lowest BCUT2D eigenvalue weighted by Gasteiger charge is -2.32. The molecule has 0 unspecified atom stereocenters. The van der Waals surface area contributed by atoms with Crippen molar-refractivity contribution in [3.05, 3.63) is 59.0 Å². The number of hydrogen-bond donors (Lipinski definition) is 0. The normalized spacial score (nSPS) is 17.5. The molecule has 5 rings (SSSR count). The summed E-state index contributed by atoms with van der Waals surface area (Å²) in [7, 11) is 1.49. The zero-order valence-corrected chi connectivity index (χ0v) is 17.1. The molecule has 0 aliphatic carbocycles. The Morgan fingerprint density at radius 3 is 2.71 bits per heavy atom. The Hall–Kier alpha value is -3.26. The lowest BCUT2D eigenvalue weighted by atomic mass is 9.91. The van der Waals surface area contributed by atoms with Crippen LogP contribution in [0, 0.1) is 5.82 Å². The molecule has 0 spiro atoms. The first-order valence-corrected chi connectivity index (χ1v) is 10.4. The number of benzene rings is 2. The van der Waals surface area contributed by atoms with Gasteiger partial charge in [-0.1, -0.05) is 11.2 Å². The maximum atomic E-state index is 13.4. The third kappa shape index (κ3) is 3.37. The van der Waals surface area contributed by atoms with Crippen LogP contribution >= 0.6 is 0 Å². The van der Waals surface area contributed by atoms with E-state index in [1.54, 1.807) is 24.3 Å². The van der Waals surface area contributed by atoms with Crippen molar-refractivity contribution in [3.63, 3.8) is 0 Å². The highest BCUT2D eigenvalue weighted by atomic mass is 19.1. The standard InChI is InChI=1S/C23H22FN3O4/c1-30-18-4-2-3-17-20(18)23(29)27(22(17)28)12-11-26-9-7-14(8-10-26)21-16-6-5-15(24)13-19(16)31-25-21/h2-6,13-14H,7-12H2,1H3. The van der Waals surface area contributed by atoms with Gasteiger partial charge < -0.3 is 14.2 Å². The fourth-order valence-corrected chi connectivity index (χ4v) is 4.57. The van der Waals surface area contributed by atoms with Crippen LogP contribution < -0.4 is 4.74 Å². The first kappa shape index (κ1) is 19.7. The Balaban J connectivity index is 1.21. The molecule has 3 aromatic rings. The highest BCUT2D eigenvalue weighted by Crippen LogP contribution is 2.33. The van der Waals surface area contributed by atoms with E-state index < -0.39 is 0 Å². The summed E-state index contributed by atoms with van der Waals surface area (Å²) in [6, 6.07) is 9.59. The Labute approximate surface area is 178 Å². The van der Waals surface area contributed by atoms with E-state index in [1.807, 2.05) is 0 Å². The van der Waals surface area contributed by atoms with E-state index in [0.717, 1.165) is 37.0 Å². The van der Waals surface area contributed by atoms with Gasteiger partial charge in [0.15, 0.2) is 5.58 Å². The van der Waals surface area contributed by atoms with Crippen molar-refractivity contribution in [2.75, 3.05) is 33.3 Å². The van der Waals surface area contributed by atoms with Crippen molar-refractivity contribution >= 4 is 22.8 Å². The molecule has 2 aliphatic heterocycles. The Morgan fingerprint density at radius 1 is 1.13 bits per heavy atom. The minimum atomic E-state index is -0.337. The van der Waals surface area contributed by atoms with Gasteiger partial charge in [-0.3, -0.25) is 14.5 Å². The number of amides is 2. The molecule has 0 atom stereocenters. The topological polar surface area (TPSA) is 75.9 Å². The summed E-state index contributed by atoms with van der Waals surface area (Å²) in [6.45, 7) is 2.61. The maximum Gasteiger partial charge on any atom is 0.265 e. The lowest BCUT2D eigenvalue weighted by Crippen LogP contribution is -2.41. The zero-order chi connectivity index (χ0) is 21.5. The van der Waals surface area contributed by atoms with Crippen LogP contribution in [0.15, 0.2) is 40.9 Å². The summed E-state index contributed by atoms with van der Waals surface area (Å²) in [5, 5.41) is 5.04. The van der Waals surface area contributed by atoms with Gasteiger partial charge in [0.05, 0.1) is 23.9 Å². The van der Waals surface area contributed by atoms with Crippen molar-refractivity contribution in [1.29, 1.82) is 0 Å². The van der Waals surface area contributed by atoms with Gasteiger partial charge in [0.25, 0.3) is 11.8 Å². The predicted molar refractivity (Wildman–Crippen MR) is 111 cm³/mol. The summed E-state index contributed by atoms with van der Waals surface area (Å²) in [6.07, 6.45) is 1.77. The summed E-state index contributed by atoms with van der Waals surface area (Å²) < 4.78 is 23.9. The van der Waals surface area contributed by atoms with Gasteiger partial charge >= 0.3 is 0 Å². The minimum absolute atomic E-state index is 0.242. The van der Waals surface area contributed by atoms with Crippen molar-refractivity contribution in [1.82, 2.24) is 15.0 Å². The number of piperidine rings is 1. The molecule has 0 saturated carbocycles. The third-order valence-corrected chi connectivity index (χ3v) is 6.26. The lowest BCUT2D eigenvalue weighted by molar-refractivity contribution is 0.0628. The number of methoxy groups -OCH3 is 1. The molecule has 0 bridgehead atoms. The largest absolute Gasteiger partial charge is 0.496 e. The molecular weight excluding hydrogens is 401 g/mol. The summed E-state index contributed by atoms with van der Waals surface area (Å²) >= 11 is 0. The fourth-order valence-electron chi connectivity index (χ4n) is 4.57. The van der Waals surface area contributed by atoms with Crippen LogP contribution in [0.25, 0.3) is 11.0 Å². The Kier molecular flexibility index (Phi) is 4.94. The van der Waals surface area contributed by atoms with E-state index in [1.165, 1.54) is 24.1 Å². The number of aromatic nitrogens is 1. The molecule has 7 nitrogen and oxygen atoms in total. The number of rotatable bonds is 5. The second-order valence-corrected chi connectivity index (χ2v) is 7.97. The van der Waals surface area contributed by atoms with Gasteiger partial charge in [0.1, 0.15) is 11.6 Å². The number of fused-ring (bicyclic) bond motifs is 2. The van der Waals surface area contributed by atoms with Crippen LogP contribution in [-0.4, -0.2) is 60.1 Å². The SMILES string of the molecule is COc1cccc2c1C(=O)N(CCN1CCC(c3noc4cc(F)ccc34)CC1)C2=O. The number of carbonyl (C=O) groups excluding carboxylic acids is 2. The predicted octanol–water partition coefficient (Wildman–Crippen LogP) is 3.45. The summed E-state index contributed by atoms with van der Waals surface area (Å²) in [5.74, 6) is -0.232. The molecule has 1 saturated heterocycles. The van der Waals surface area contributed by atoms with Gasteiger partial charge in [0.2, 0.25) is 0 Å². The van der Waals surface area contributed by atoms with E-state index >= 15 is 0 Å². The van der Waals surface area contributed by atoms with E-state index in [4.69, 9.17) is 9.26 Å². The second kappa shape index (κ2) is 7.77. The van der Waals surface area contributed by atoms with Crippen LogP contribution in [0.4, 0.5) is 4.39 Å². The van der Waals surface area contributed by atoms with Crippen LogP contribution in [0.5, 0.6) is 5.75 Å². The molecule has 0 radical (unpaired) electrons. The van der Waals surface area contributed by atoms with E-state index in [0.29, 0.717) is 35.5 Å². The molecule has 2 amide bonds. The van der Waals surface area contributed by atoms with Gasteiger partial charge in [-0.05, 0) is 50.2 Å². The van der Waals surface area contributed by atoms with Gasteiger partial charge in [0, 0.05) is 30.5 Å². The molecule has 1 fully saturated rings. The molecule has 31 heavy (non-hydrogen) atoms. The molecule has 160 valence electrons. The first-order valence-electron chi connectivity index (χ1n) is 10.4. The van der Waals surface area contributed by atoms with Crippen molar-refractivity contribution in [3.8, 4) is 5.75 Å². The fraction of sp³-hybridized carbons (Fsp3) is 0.348. The molecule has 2 aromatic carbocycles. The van der Waals surface area contributed by atoms with Crippen molar-refractivity contribution in [2.45, 2.75) is 18.8 Å². The first-order chi connectivity index (χ1) is 15.1. The number of carbonyl (C=O) groups is 2. The van der Waals surface area contributed by atoms with Crippen molar-refractivity contribution in [2.24, 2.45) is 0 Å².